The second-order valence-electron chi connectivity index (χ2n) is 5.48. The molecule has 0 atom stereocenters. The lowest BCUT2D eigenvalue weighted by Crippen LogP contribution is -2.46. The summed E-state index contributed by atoms with van der Waals surface area (Å²) >= 11 is 0. The van der Waals surface area contributed by atoms with E-state index in [-0.39, 0.29) is 36.4 Å². The lowest BCUT2D eigenvalue weighted by molar-refractivity contribution is -0.117. The fourth-order valence-corrected chi connectivity index (χ4v) is 2.65. The normalized spacial score (nSPS) is 13.8. The summed E-state index contributed by atoms with van der Waals surface area (Å²) in [5.74, 6) is 0.776. The predicted octanol–water partition coefficient (Wildman–Crippen LogP) is 2.55. The van der Waals surface area contributed by atoms with Gasteiger partial charge >= 0.3 is 0 Å². The molecule has 2 N–H and O–H groups in total. The molecule has 1 aromatic carbocycles. The van der Waals surface area contributed by atoms with Gasteiger partial charge in [0.05, 0.1) is 6.54 Å². The number of nitrogens with one attached hydrogen (secondary N) is 2. The van der Waals surface area contributed by atoms with Gasteiger partial charge in [-0.1, -0.05) is 31.5 Å². The third-order valence-corrected chi connectivity index (χ3v) is 3.86. The van der Waals surface area contributed by atoms with Gasteiger partial charge < -0.3 is 15.5 Å². The van der Waals surface area contributed by atoms with E-state index in [1.165, 1.54) is 5.56 Å². The van der Waals surface area contributed by atoms with Crippen LogP contribution in [0.5, 0.6) is 0 Å². The number of rotatable bonds is 5. The van der Waals surface area contributed by atoms with Crippen LogP contribution in [0, 0.1) is 0 Å². The average Bonchev–Trinajstić information content (AvgIpc) is 2.57. The molecule has 128 valence electrons. The van der Waals surface area contributed by atoms with Crippen molar-refractivity contribution in [3.8, 4) is 0 Å². The number of guanidine groups is 1. The summed E-state index contributed by atoms with van der Waals surface area (Å²) < 4.78 is 0. The summed E-state index contributed by atoms with van der Waals surface area (Å²) in [7, 11) is 1.72. The van der Waals surface area contributed by atoms with Crippen LogP contribution < -0.4 is 15.5 Å². The summed E-state index contributed by atoms with van der Waals surface area (Å²) in [5.41, 5.74) is 2.31. The number of para-hydroxylation sites is 1. The molecule has 0 fully saturated rings. The molecule has 1 heterocycles. The van der Waals surface area contributed by atoms with Crippen molar-refractivity contribution in [1.29, 1.82) is 0 Å². The molecule has 2 rings (SSSR count). The van der Waals surface area contributed by atoms with Gasteiger partial charge in [-0.05, 0) is 30.9 Å². The predicted molar refractivity (Wildman–Crippen MR) is 107 cm³/mol. The Kier molecular flexibility index (Phi) is 8.98. The molecule has 23 heavy (non-hydrogen) atoms. The van der Waals surface area contributed by atoms with E-state index in [0.717, 1.165) is 44.5 Å². The average molecular weight is 430 g/mol. The maximum absolute atomic E-state index is 12.5. The maximum Gasteiger partial charge on any atom is 0.246 e. The minimum atomic E-state index is 0. The number of unbranched alkanes of at least 4 members (excludes halogenated alkanes) is 1. The highest BCUT2D eigenvalue weighted by Gasteiger charge is 2.21. The molecule has 1 aromatic rings. The van der Waals surface area contributed by atoms with Crippen molar-refractivity contribution in [2.45, 2.75) is 32.6 Å². The number of hydrogen-bond donors (Lipinski definition) is 2. The van der Waals surface area contributed by atoms with Crippen molar-refractivity contribution in [1.82, 2.24) is 10.6 Å². The second-order valence-corrected chi connectivity index (χ2v) is 5.48. The second kappa shape index (κ2) is 10.5. The van der Waals surface area contributed by atoms with Crippen LogP contribution in [0.2, 0.25) is 0 Å². The first-order chi connectivity index (χ1) is 10.8. The molecular formula is C17H27IN4O. The number of carbonyl (C=O) groups is 1. The van der Waals surface area contributed by atoms with Crippen LogP contribution in [-0.4, -0.2) is 38.5 Å². The van der Waals surface area contributed by atoms with E-state index in [0.29, 0.717) is 5.96 Å². The smallest absolute Gasteiger partial charge is 0.246 e. The lowest BCUT2D eigenvalue weighted by Gasteiger charge is -2.29. The first-order valence-corrected chi connectivity index (χ1v) is 8.09. The zero-order valence-corrected chi connectivity index (χ0v) is 16.3. The van der Waals surface area contributed by atoms with Crippen molar-refractivity contribution in [2.75, 3.05) is 31.6 Å². The van der Waals surface area contributed by atoms with Gasteiger partial charge in [0.15, 0.2) is 5.96 Å². The molecule has 0 spiro atoms. The van der Waals surface area contributed by atoms with Gasteiger partial charge in [0.25, 0.3) is 0 Å². The number of benzene rings is 1. The molecule has 1 amide bonds. The van der Waals surface area contributed by atoms with Crippen molar-refractivity contribution in [2.24, 2.45) is 4.99 Å². The largest absolute Gasteiger partial charge is 0.356 e. The monoisotopic (exact) mass is 430 g/mol. The number of nitrogens with zero attached hydrogens (tertiary/aromatic N) is 2. The zero-order chi connectivity index (χ0) is 15.8. The van der Waals surface area contributed by atoms with E-state index < -0.39 is 0 Å². The quantitative estimate of drug-likeness (QED) is 0.327. The zero-order valence-electron chi connectivity index (χ0n) is 14.0. The maximum atomic E-state index is 12.5. The van der Waals surface area contributed by atoms with Crippen LogP contribution in [0.25, 0.3) is 0 Å². The van der Waals surface area contributed by atoms with E-state index in [9.17, 15) is 4.79 Å². The van der Waals surface area contributed by atoms with Crippen molar-refractivity contribution in [3.05, 3.63) is 29.8 Å². The summed E-state index contributed by atoms with van der Waals surface area (Å²) in [6.07, 6.45) is 4.29. The van der Waals surface area contributed by atoms with E-state index in [2.05, 4.69) is 28.6 Å². The number of anilines is 1. The fourth-order valence-electron chi connectivity index (χ4n) is 2.65. The number of aliphatic imine (C=N–C) groups is 1. The summed E-state index contributed by atoms with van der Waals surface area (Å²) in [6, 6.07) is 8.15. The van der Waals surface area contributed by atoms with Crippen LogP contribution >= 0.6 is 24.0 Å². The molecule has 0 saturated heterocycles. The van der Waals surface area contributed by atoms with Crippen LogP contribution in [0.1, 0.15) is 31.7 Å². The van der Waals surface area contributed by atoms with E-state index in [4.69, 9.17) is 0 Å². The van der Waals surface area contributed by atoms with Gasteiger partial charge in [-0.3, -0.25) is 9.79 Å². The van der Waals surface area contributed by atoms with E-state index in [1.54, 1.807) is 7.05 Å². The molecule has 0 saturated carbocycles. The van der Waals surface area contributed by atoms with Crippen molar-refractivity contribution < 1.29 is 4.79 Å². The molecular weight excluding hydrogens is 403 g/mol. The van der Waals surface area contributed by atoms with Crippen LogP contribution in [0.15, 0.2) is 29.3 Å². The van der Waals surface area contributed by atoms with E-state index >= 15 is 0 Å². The molecule has 1 aliphatic rings. The van der Waals surface area contributed by atoms with Crippen LogP contribution in [0.3, 0.4) is 0 Å². The molecule has 1 aliphatic heterocycles. The van der Waals surface area contributed by atoms with Gasteiger partial charge in [0, 0.05) is 25.8 Å². The lowest BCUT2D eigenvalue weighted by atomic mass is 10.0. The minimum absolute atomic E-state index is 0. The number of hydrogen-bond acceptors (Lipinski definition) is 2. The SMILES string of the molecule is CCCCNC(=NC)NCC(=O)N1CCCc2ccccc21.I. The Labute approximate surface area is 156 Å². The Balaban J connectivity index is 0.00000264. The first kappa shape index (κ1) is 19.7. The highest BCUT2D eigenvalue weighted by atomic mass is 127. The Morgan fingerprint density at radius 3 is 2.83 bits per heavy atom. The van der Waals surface area contributed by atoms with Gasteiger partial charge in [0.2, 0.25) is 5.91 Å². The fraction of sp³-hybridized carbons (Fsp3) is 0.529. The minimum Gasteiger partial charge on any atom is -0.356 e. The summed E-state index contributed by atoms with van der Waals surface area (Å²) in [5, 5.41) is 6.32. The number of halogens is 1. The first-order valence-electron chi connectivity index (χ1n) is 8.09. The number of amides is 1. The Morgan fingerprint density at radius 2 is 2.09 bits per heavy atom. The Morgan fingerprint density at radius 1 is 1.30 bits per heavy atom. The molecule has 6 heteroatoms. The van der Waals surface area contributed by atoms with Gasteiger partial charge in [-0.2, -0.15) is 0 Å². The molecule has 0 unspecified atom stereocenters. The number of aryl methyl sites for hydroxylation is 1. The van der Waals surface area contributed by atoms with Gasteiger partial charge in [-0.15, -0.1) is 24.0 Å². The Bertz CT molecular complexity index is 533. The molecule has 0 radical (unpaired) electrons. The van der Waals surface area contributed by atoms with Crippen LogP contribution in [-0.2, 0) is 11.2 Å². The third-order valence-electron chi connectivity index (χ3n) is 3.86. The highest BCUT2D eigenvalue weighted by Crippen LogP contribution is 2.26. The Hall–Kier alpha value is -1.31. The van der Waals surface area contributed by atoms with Gasteiger partial charge in [0.1, 0.15) is 0 Å². The highest BCUT2D eigenvalue weighted by molar-refractivity contribution is 14.0. The summed E-state index contributed by atoms with van der Waals surface area (Å²) in [6.45, 7) is 4.08. The summed E-state index contributed by atoms with van der Waals surface area (Å²) in [4.78, 5) is 18.5. The van der Waals surface area contributed by atoms with Crippen molar-refractivity contribution >= 4 is 41.5 Å². The number of fused-ring (bicyclic) bond motifs is 1. The molecule has 0 aliphatic carbocycles. The number of carbonyl (C=O) groups excluding carboxylic acids is 1. The van der Waals surface area contributed by atoms with E-state index in [1.807, 2.05) is 23.1 Å². The van der Waals surface area contributed by atoms with Crippen molar-refractivity contribution in [3.63, 3.8) is 0 Å². The molecule has 0 aromatic heterocycles. The molecule has 5 nitrogen and oxygen atoms in total. The topological polar surface area (TPSA) is 56.7 Å². The van der Waals surface area contributed by atoms with Crippen LogP contribution in [0.4, 0.5) is 5.69 Å². The molecule has 0 bridgehead atoms. The third kappa shape index (κ3) is 5.67. The van der Waals surface area contributed by atoms with Gasteiger partial charge in [-0.25, -0.2) is 0 Å². The standard InChI is InChI=1S/C17H26N4O.HI/c1-3-4-11-19-17(18-2)20-13-16(22)21-12-7-9-14-8-5-6-10-15(14)21;/h5-6,8,10H,3-4,7,9,11-13H2,1-2H3,(H2,18,19,20);1H.